The van der Waals surface area contributed by atoms with Crippen LogP contribution in [0.15, 0.2) is 84.2 Å². The first kappa shape index (κ1) is 31.8. The molecule has 0 spiro atoms. The molecule has 0 bridgehead atoms. The average Bonchev–Trinajstić information content (AvgIpc) is 3.46. The molecular weight excluding hydrogens is 694 g/mol. The molecule has 9 aromatic rings. The minimum atomic E-state index is -0.236. The molecule has 0 fully saturated rings. The maximum Gasteiger partial charge on any atom is 0.264 e. The summed E-state index contributed by atoms with van der Waals surface area (Å²) in [4.78, 5) is 31.8. The number of aryl methyl sites for hydroxylation is 2. The Kier molecular flexibility index (Phi) is 7.33. The predicted molar refractivity (Wildman–Crippen MR) is 210 cm³/mol. The Balaban J connectivity index is 0.000000385. The Labute approximate surface area is 300 Å². The second kappa shape index (κ2) is 11.3. The summed E-state index contributed by atoms with van der Waals surface area (Å²) in [6.45, 7) is 11.8. The van der Waals surface area contributed by atoms with Crippen LogP contribution in [0.1, 0.15) is 40.9 Å². The van der Waals surface area contributed by atoms with Crippen molar-refractivity contribution in [1.29, 1.82) is 0 Å². The fraction of sp³-hybridized carbons (Fsp3) is 0.0976. The van der Waals surface area contributed by atoms with Crippen LogP contribution in [-0.4, -0.2) is 15.2 Å². The number of halogens is 4. The summed E-state index contributed by atoms with van der Waals surface area (Å²) in [6, 6.07) is 22.9. The van der Waals surface area contributed by atoms with E-state index in [0.29, 0.717) is 96.2 Å². The second-order valence-corrected chi connectivity index (χ2v) is 14.2. The van der Waals surface area contributed by atoms with Gasteiger partial charge in [-0.15, -0.1) is 0 Å². The van der Waals surface area contributed by atoms with Gasteiger partial charge in [-0.3, -0.25) is 14.0 Å². The van der Waals surface area contributed by atoms with E-state index < -0.39 is 0 Å². The summed E-state index contributed by atoms with van der Waals surface area (Å²) in [7, 11) is 0. The summed E-state index contributed by atoms with van der Waals surface area (Å²) in [5.74, 6) is -0.146. The Morgan fingerprint density at radius 1 is 0.633 bits per heavy atom. The maximum absolute atomic E-state index is 14.1. The van der Waals surface area contributed by atoms with Crippen molar-refractivity contribution in [3.63, 3.8) is 0 Å². The number of allylic oxidation sites excluding steroid dienone is 1. The van der Waals surface area contributed by atoms with Crippen LogP contribution in [-0.2, 0) is 0 Å². The fourth-order valence-electron chi connectivity index (χ4n) is 7.27. The first-order chi connectivity index (χ1) is 23.4. The van der Waals surface area contributed by atoms with Crippen molar-refractivity contribution in [2.24, 2.45) is 0 Å². The van der Waals surface area contributed by atoms with E-state index in [1.807, 2.05) is 43.3 Å². The largest absolute Gasteiger partial charge is 0.294 e. The van der Waals surface area contributed by atoms with Crippen LogP contribution in [0.5, 0.6) is 0 Å². The van der Waals surface area contributed by atoms with Crippen molar-refractivity contribution >= 4 is 128 Å². The van der Waals surface area contributed by atoms with E-state index in [1.54, 1.807) is 16.5 Å². The van der Waals surface area contributed by atoms with Crippen LogP contribution < -0.4 is 5.56 Å². The molecule has 8 heteroatoms. The Morgan fingerprint density at radius 2 is 1.12 bits per heavy atom. The van der Waals surface area contributed by atoms with Crippen LogP contribution >= 0.6 is 46.4 Å². The molecule has 9 rings (SSSR count). The fourth-order valence-corrected chi connectivity index (χ4v) is 8.47. The highest BCUT2D eigenvalue weighted by atomic mass is 35.5. The zero-order valence-electron chi connectivity index (χ0n) is 26.9. The van der Waals surface area contributed by atoms with Crippen LogP contribution in [0.4, 0.5) is 0 Å². The number of aromatic nitrogens is 2. The molecule has 0 saturated heterocycles. The van der Waals surface area contributed by atoms with E-state index in [9.17, 15) is 9.59 Å². The SMILES string of the molecule is C=C(C)c1cc(Cl)c2c3c(Cl)cc4c(=O)n5c6ccccc6nc5c5cc(Cl)c(c6c(Cl)cc(C(C)=O)c1c26)c3c45.Cc1ccccc1C. The molecule has 0 N–H and O–H groups in total. The van der Waals surface area contributed by atoms with Crippen molar-refractivity contribution in [1.82, 2.24) is 9.38 Å². The highest BCUT2D eigenvalue weighted by Crippen LogP contribution is 2.53. The summed E-state index contributed by atoms with van der Waals surface area (Å²) < 4.78 is 1.61. The number of ketones is 1. The number of para-hydroxylation sites is 2. The maximum atomic E-state index is 14.1. The van der Waals surface area contributed by atoms with Gasteiger partial charge in [0.2, 0.25) is 0 Å². The van der Waals surface area contributed by atoms with E-state index in [2.05, 4.69) is 44.7 Å². The van der Waals surface area contributed by atoms with Gasteiger partial charge < -0.3 is 0 Å². The Hall–Kier alpha value is -4.45. The van der Waals surface area contributed by atoms with Gasteiger partial charge in [-0.05, 0) is 80.8 Å². The molecule has 0 atom stereocenters. The normalized spacial score (nSPS) is 11.9. The zero-order chi connectivity index (χ0) is 34.6. The molecule has 2 aromatic heterocycles. The molecule has 0 aliphatic heterocycles. The van der Waals surface area contributed by atoms with Crippen molar-refractivity contribution in [2.45, 2.75) is 27.7 Å². The number of hydrogen-bond acceptors (Lipinski definition) is 3. The molecule has 2 heterocycles. The molecular formula is C41H26Cl4N2O2. The lowest BCUT2D eigenvalue weighted by Gasteiger charge is -2.22. The molecule has 0 aliphatic rings. The van der Waals surface area contributed by atoms with E-state index in [-0.39, 0.29) is 11.3 Å². The number of benzene rings is 7. The van der Waals surface area contributed by atoms with E-state index in [1.165, 1.54) is 18.1 Å². The smallest absolute Gasteiger partial charge is 0.264 e. The van der Waals surface area contributed by atoms with Crippen molar-refractivity contribution < 1.29 is 4.79 Å². The van der Waals surface area contributed by atoms with Gasteiger partial charge in [0.05, 0.1) is 16.4 Å². The number of fused-ring (bicyclic) bond motifs is 6. The highest BCUT2D eigenvalue weighted by molar-refractivity contribution is 6.55. The molecule has 240 valence electrons. The molecule has 0 radical (unpaired) electrons. The van der Waals surface area contributed by atoms with Crippen LogP contribution in [0.3, 0.4) is 0 Å². The van der Waals surface area contributed by atoms with Crippen molar-refractivity contribution in [3.05, 3.63) is 132 Å². The molecule has 0 amide bonds. The lowest BCUT2D eigenvalue weighted by atomic mass is 9.83. The highest BCUT2D eigenvalue weighted by Gasteiger charge is 2.28. The van der Waals surface area contributed by atoms with Gasteiger partial charge in [0.15, 0.2) is 5.78 Å². The van der Waals surface area contributed by atoms with Crippen LogP contribution in [0, 0.1) is 13.8 Å². The topological polar surface area (TPSA) is 51.4 Å². The predicted octanol–water partition coefficient (Wildman–Crippen LogP) is 12.6. The van der Waals surface area contributed by atoms with Gasteiger partial charge in [-0.1, -0.05) is 95.0 Å². The Bertz CT molecular complexity index is 2890. The molecule has 49 heavy (non-hydrogen) atoms. The van der Waals surface area contributed by atoms with E-state index >= 15 is 0 Å². The lowest BCUT2D eigenvalue weighted by Crippen LogP contribution is -2.13. The number of carbonyl (C=O) groups excluding carboxylic acids is 1. The minimum absolute atomic E-state index is 0.146. The van der Waals surface area contributed by atoms with Crippen molar-refractivity contribution in [3.8, 4) is 0 Å². The van der Waals surface area contributed by atoms with Gasteiger partial charge in [0.1, 0.15) is 5.65 Å². The lowest BCUT2D eigenvalue weighted by molar-refractivity contribution is 0.101. The Morgan fingerprint density at radius 3 is 1.67 bits per heavy atom. The van der Waals surface area contributed by atoms with Crippen LogP contribution in [0.25, 0.3) is 76.1 Å². The average molecular weight is 720 g/mol. The third-order valence-corrected chi connectivity index (χ3v) is 10.8. The van der Waals surface area contributed by atoms with E-state index in [4.69, 9.17) is 51.4 Å². The quantitative estimate of drug-likeness (QED) is 0.101. The molecule has 7 aromatic carbocycles. The first-order valence-electron chi connectivity index (χ1n) is 15.6. The summed E-state index contributed by atoms with van der Waals surface area (Å²) in [5, 5.41) is 7.93. The molecule has 4 nitrogen and oxygen atoms in total. The number of nitrogens with zero attached hydrogens (tertiary/aromatic N) is 2. The third-order valence-electron chi connectivity index (χ3n) is 9.62. The minimum Gasteiger partial charge on any atom is -0.294 e. The van der Waals surface area contributed by atoms with Gasteiger partial charge in [0.25, 0.3) is 5.56 Å². The van der Waals surface area contributed by atoms with E-state index in [0.717, 1.165) is 11.1 Å². The van der Waals surface area contributed by atoms with Crippen LogP contribution in [0.2, 0.25) is 20.1 Å². The third kappa shape index (κ3) is 4.48. The number of rotatable bonds is 2. The monoisotopic (exact) mass is 718 g/mol. The number of Topliss-reactive ketones (excluding diaryl/α,β-unsaturated/α-hetero) is 1. The standard InChI is InChI=1S/C33H16Cl4N2O2.C8H10/c1-12(2)14-8-18(34)26-29-21(37)11-17-25-16(32-38-22-6-4-5-7-23(22)39(32)33(17)41)10-20(36)28(31(25)29)27-19(35)9-15(13(3)40)24(14)30(26)27;1-7-5-3-4-6-8(7)2/h4-11H,1H2,2-3H3;3-6H,1-2H3. The van der Waals surface area contributed by atoms with Gasteiger partial charge >= 0.3 is 0 Å². The van der Waals surface area contributed by atoms with Gasteiger partial charge in [-0.25, -0.2) is 4.98 Å². The van der Waals surface area contributed by atoms with Crippen molar-refractivity contribution in [2.75, 3.05) is 0 Å². The van der Waals surface area contributed by atoms with Gasteiger partial charge in [-0.2, -0.15) is 0 Å². The summed E-state index contributed by atoms with van der Waals surface area (Å²) in [5.41, 5.74) is 6.33. The number of carbonyl (C=O) groups is 1. The number of imidazole rings is 1. The summed E-state index contributed by atoms with van der Waals surface area (Å²) in [6.07, 6.45) is 0. The molecule has 0 saturated carbocycles. The second-order valence-electron chi connectivity index (χ2n) is 12.6. The first-order valence-corrected chi connectivity index (χ1v) is 17.1. The summed E-state index contributed by atoms with van der Waals surface area (Å²) >= 11 is 28.3. The molecule has 0 aliphatic carbocycles. The molecule has 0 unspecified atom stereocenters. The van der Waals surface area contributed by atoms with Gasteiger partial charge in [0, 0.05) is 74.1 Å². The number of pyridine rings is 1. The zero-order valence-corrected chi connectivity index (χ0v) is 29.9. The number of hydrogen-bond donors (Lipinski definition) is 0.